The predicted molar refractivity (Wildman–Crippen MR) is 60.4 cm³/mol. The zero-order chi connectivity index (χ0) is 11.3. The Hall–Kier alpha value is -0.650. The molecule has 4 nitrogen and oxygen atoms in total. The molecule has 16 heavy (non-hydrogen) atoms. The highest BCUT2D eigenvalue weighted by Gasteiger charge is 2.40. The minimum Gasteiger partial charge on any atom is -0.343 e. The van der Waals surface area contributed by atoms with Gasteiger partial charge in [0.1, 0.15) is 11.7 Å². The Bertz CT molecular complexity index is 366. The van der Waals surface area contributed by atoms with Gasteiger partial charge in [0.2, 0.25) is 0 Å². The number of halogens is 2. The number of nitrogens with zero attached hydrogens (tertiary/aromatic N) is 3. The van der Waals surface area contributed by atoms with Gasteiger partial charge in [0.25, 0.3) is 0 Å². The van der Waals surface area contributed by atoms with Gasteiger partial charge in [-0.25, -0.2) is 14.4 Å². The van der Waals surface area contributed by atoms with Crippen LogP contribution in [0.25, 0.3) is 0 Å². The highest BCUT2D eigenvalue weighted by atomic mass is 35.5. The van der Waals surface area contributed by atoms with Crippen LogP contribution in [-0.2, 0) is 0 Å². The van der Waals surface area contributed by atoms with Gasteiger partial charge in [0.05, 0.1) is 12.6 Å². The third-order valence-electron chi connectivity index (χ3n) is 3.21. The molecule has 2 unspecified atom stereocenters. The van der Waals surface area contributed by atoms with E-state index in [0.717, 1.165) is 5.84 Å². The fourth-order valence-electron chi connectivity index (χ4n) is 2.31. The zero-order valence-electron chi connectivity index (χ0n) is 8.81. The van der Waals surface area contributed by atoms with E-state index in [4.69, 9.17) is 17.4 Å². The van der Waals surface area contributed by atoms with Crippen LogP contribution in [0.4, 0.5) is 4.39 Å². The summed E-state index contributed by atoms with van der Waals surface area (Å²) in [5, 5.41) is 1.71. The average Bonchev–Trinajstić information content (AvgIpc) is 3.03. The zero-order valence-corrected chi connectivity index (χ0v) is 9.57. The fraction of sp³-hybridized carbons (Fsp3) is 0.700. The molecule has 0 aromatic heterocycles. The van der Waals surface area contributed by atoms with E-state index in [9.17, 15) is 4.39 Å². The van der Waals surface area contributed by atoms with Gasteiger partial charge < -0.3 is 4.90 Å². The number of fused-ring (bicyclic) bond motifs is 1. The maximum Gasteiger partial charge on any atom is 0.176 e. The summed E-state index contributed by atoms with van der Waals surface area (Å²) in [6.07, 6.45) is 3.88. The molecule has 0 aromatic rings. The lowest BCUT2D eigenvalue weighted by Gasteiger charge is -2.41. The highest BCUT2D eigenvalue weighted by Crippen LogP contribution is 2.34. The van der Waals surface area contributed by atoms with E-state index in [1.165, 1.54) is 12.8 Å². The van der Waals surface area contributed by atoms with Crippen molar-refractivity contribution in [3.05, 3.63) is 11.9 Å². The Morgan fingerprint density at radius 1 is 1.50 bits per heavy atom. The first-order valence-electron chi connectivity index (χ1n) is 5.50. The molecule has 2 heterocycles. The second kappa shape index (κ2) is 3.68. The van der Waals surface area contributed by atoms with Crippen molar-refractivity contribution in [2.75, 3.05) is 13.2 Å². The van der Waals surface area contributed by atoms with E-state index < -0.39 is 5.50 Å². The second-order valence-corrected chi connectivity index (χ2v) is 5.01. The normalized spacial score (nSPS) is 35.6. The molecule has 3 aliphatic rings. The van der Waals surface area contributed by atoms with Crippen LogP contribution in [0.2, 0.25) is 0 Å². The summed E-state index contributed by atoms with van der Waals surface area (Å²) in [5.41, 5.74) is -0.850. The SMILES string of the molecule is NN1CC2C=C(F)C(Cl)N=C2N(C2CC2)C1. The van der Waals surface area contributed by atoms with Crippen LogP contribution in [0.5, 0.6) is 0 Å². The Morgan fingerprint density at radius 2 is 2.25 bits per heavy atom. The van der Waals surface area contributed by atoms with Gasteiger partial charge in [0, 0.05) is 12.6 Å². The van der Waals surface area contributed by atoms with E-state index in [0.29, 0.717) is 19.3 Å². The maximum atomic E-state index is 13.4. The first-order chi connectivity index (χ1) is 7.65. The van der Waals surface area contributed by atoms with Gasteiger partial charge in [-0.05, 0) is 18.9 Å². The number of hydrogen-bond acceptors (Lipinski definition) is 4. The van der Waals surface area contributed by atoms with Crippen molar-refractivity contribution < 1.29 is 4.39 Å². The van der Waals surface area contributed by atoms with Crippen LogP contribution in [0.15, 0.2) is 16.9 Å². The van der Waals surface area contributed by atoms with Gasteiger partial charge in [-0.15, -0.1) is 0 Å². The quantitative estimate of drug-likeness (QED) is 0.426. The molecule has 0 spiro atoms. The molecule has 2 N–H and O–H groups in total. The van der Waals surface area contributed by atoms with Crippen LogP contribution in [0, 0.1) is 5.92 Å². The maximum absolute atomic E-state index is 13.4. The summed E-state index contributed by atoms with van der Waals surface area (Å²) >= 11 is 5.81. The number of hydrogen-bond donors (Lipinski definition) is 1. The number of hydrazine groups is 1. The summed E-state index contributed by atoms with van der Waals surface area (Å²) < 4.78 is 13.4. The lowest BCUT2D eigenvalue weighted by atomic mass is 10.0. The van der Waals surface area contributed by atoms with E-state index >= 15 is 0 Å². The molecule has 2 aliphatic heterocycles. The van der Waals surface area contributed by atoms with Crippen molar-refractivity contribution in [1.82, 2.24) is 9.91 Å². The number of rotatable bonds is 1. The van der Waals surface area contributed by atoms with Gasteiger partial charge in [-0.3, -0.25) is 5.84 Å². The van der Waals surface area contributed by atoms with Crippen molar-refractivity contribution >= 4 is 17.4 Å². The van der Waals surface area contributed by atoms with E-state index in [1.807, 2.05) is 0 Å². The minimum absolute atomic E-state index is 0.0469. The molecule has 0 amide bonds. The van der Waals surface area contributed by atoms with Gasteiger partial charge in [-0.1, -0.05) is 11.6 Å². The lowest BCUT2D eigenvalue weighted by molar-refractivity contribution is 0.142. The van der Waals surface area contributed by atoms with Crippen LogP contribution < -0.4 is 5.84 Å². The largest absolute Gasteiger partial charge is 0.343 e. The Balaban J connectivity index is 1.89. The number of nitrogens with two attached hydrogens (primary N) is 1. The molecule has 88 valence electrons. The molecular weight excluding hydrogens is 231 g/mol. The summed E-state index contributed by atoms with van der Waals surface area (Å²) in [6, 6.07) is 0.519. The van der Waals surface area contributed by atoms with Crippen molar-refractivity contribution in [3.63, 3.8) is 0 Å². The molecule has 1 saturated heterocycles. The Morgan fingerprint density at radius 3 is 2.94 bits per heavy atom. The second-order valence-electron chi connectivity index (χ2n) is 4.59. The fourth-order valence-corrected chi connectivity index (χ4v) is 2.48. The first kappa shape index (κ1) is 10.5. The lowest BCUT2D eigenvalue weighted by Crippen LogP contribution is -2.56. The highest BCUT2D eigenvalue weighted by molar-refractivity contribution is 6.23. The van der Waals surface area contributed by atoms with Gasteiger partial charge >= 0.3 is 0 Å². The van der Waals surface area contributed by atoms with E-state index in [1.54, 1.807) is 11.1 Å². The summed E-state index contributed by atoms with van der Waals surface area (Å²) in [6.45, 7) is 1.28. The van der Waals surface area contributed by atoms with Crippen LogP contribution >= 0.6 is 11.6 Å². The average molecular weight is 245 g/mol. The van der Waals surface area contributed by atoms with E-state index in [2.05, 4.69) is 9.89 Å². The topological polar surface area (TPSA) is 44.9 Å². The van der Waals surface area contributed by atoms with Crippen molar-refractivity contribution in [3.8, 4) is 0 Å². The van der Waals surface area contributed by atoms with E-state index in [-0.39, 0.29) is 11.7 Å². The van der Waals surface area contributed by atoms with Crippen molar-refractivity contribution in [1.29, 1.82) is 0 Å². The van der Waals surface area contributed by atoms with Gasteiger partial charge in [-0.2, -0.15) is 0 Å². The van der Waals surface area contributed by atoms with Crippen molar-refractivity contribution in [2.24, 2.45) is 16.8 Å². The van der Waals surface area contributed by atoms with Gasteiger partial charge in [0.15, 0.2) is 5.50 Å². The van der Waals surface area contributed by atoms with Crippen LogP contribution in [-0.4, -0.2) is 40.5 Å². The third-order valence-corrected chi connectivity index (χ3v) is 3.52. The monoisotopic (exact) mass is 244 g/mol. The number of aliphatic imine (C=N–C) groups is 1. The number of dihydropyridines is 1. The molecular formula is C10H14ClFN4. The number of alkyl halides is 1. The van der Waals surface area contributed by atoms with Crippen LogP contribution in [0.1, 0.15) is 12.8 Å². The summed E-state index contributed by atoms with van der Waals surface area (Å²) in [5.74, 6) is 6.33. The molecule has 3 rings (SSSR count). The standard InChI is InChI=1S/C10H14ClFN4/c11-9-8(12)3-6-4-15(13)5-16(7-1-2-7)10(6)14-9/h3,6-7,9H,1-2,4-5,13H2. The first-order valence-corrected chi connectivity index (χ1v) is 5.94. The molecule has 0 bridgehead atoms. The van der Waals surface area contributed by atoms with Crippen molar-refractivity contribution in [2.45, 2.75) is 24.4 Å². The molecule has 0 aromatic carbocycles. The molecule has 0 radical (unpaired) electrons. The van der Waals surface area contributed by atoms with Crippen LogP contribution in [0.3, 0.4) is 0 Å². The summed E-state index contributed by atoms with van der Waals surface area (Å²) in [7, 11) is 0. The molecule has 6 heteroatoms. The molecule has 2 fully saturated rings. The smallest absolute Gasteiger partial charge is 0.176 e. The Kier molecular flexibility index (Phi) is 2.42. The molecule has 1 saturated carbocycles. The number of amidine groups is 1. The molecule has 1 aliphatic carbocycles. The predicted octanol–water partition coefficient (Wildman–Crippen LogP) is 1.04. The summed E-state index contributed by atoms with van der Waals surface area (Å²) in [4.78, 5) is 6.40. The molecule has 2 atom stereocenters. The minimum atomic E-state index is -0.850. The Labute approximate surface area is 98.5 Å². The third kappa shape index (κ3) is 1.73.